The van der Waals surface area contributed by atoms with Crippen LogP contribution < -0.4 is 5.32 Å². The minimum absolute atomic E-state index is 0.0483. The van der Waals surface area contributed by atoms with Gasteiger partial charge in [-0.15, -0.1) is 0 Å². The molecule has 7 nitrogen and oxygen atoms in total. The molecule has 3 rings (SSSR count). The fourth-order valence-corrected chi connectivity index (χ4v) is 3.15. The molecule has 1 heterocycles. The monoisotopic (exact) mass is 378 g/mol. The molecule has 1 N–H and O–H groups in total. The van der Waals surface area contributed by atoms with Crippen molar-refractivity contribution in [1.82, 2.24) is 15.1 Å². The average Bonchev–Trinajstić information content (AvgIpc) is 2.94. The first-order chi connectivity index (χ1) is 13.3. The van der Waals surface area contributed by atoms with E-state index >= 15 is 0 Å². The summed E-state index contributed by atoms with van der Waals surface area (Å²) in [7, 11) is 0. The van der Waals surface area contributed by atoms with Gasteiger partial charge in [-0.05, 0) is 44.0 Å². The Hall–Kier alpha value is -3.48. The molecule has 0 spiro atoms. The summed E-state index contributed by atoms with van der Waals surface area (Å²) in [5.41, 5.74) is 4.65. The number of nitrogens with one attached hydrogen (secondary N) is 1. The Labute approximate surface area is 163 Å². The van der Waals surface area contributed by atoms with Crippen molar-refractivity contribution in [1.29, 1.82) is 0 Å². The first-order valence-electron chi connectivity index (χ1n) is 8.96. The summed E-state index contributed by atoms with van der Waals surface area (Å²) in [5, 5.41) is 18.3. The summed E-state index contributed by atoms with van der Waals surface area (Å²) in [6.45, 7) is 6.21. The van der Waals surface area contributed by atoms with E-state index in [0.29, 0.717) is 30.0 Å². The standard InChI is InChI=1S/C21H22N4O3/c1-14-5-4-6-18(11-14)12-22-21(26)19-9-7-17(8-10-19)13-24-16(3)20(25(27)28)15(2)23-24/h4-11H,12-13H2,1-3H3,(H,22,26). The maximum atomic E-state index is 12.3. The Balaban J connectivity index is 1.66. The number of benzene rings is 2. The summed E-state index contributed by atoms with van der Waals surface area (Å²) in [4.78, 5) is 23.1. The fourth-order valence-electron chi connectivity index (χ4n) is 3.15. The highest BCUT2D eigenvalue weighted by Crippen LogP contribution is 2.22. The molecule has 3 aromatic rings. The van der Waals surface area contributed by atoms with E-state index in [1.807, 2.05) is 43.3 Å². The van der Waals surface area contributed by atoms with Gasteiger partial charge in [0, 0.05) is 12.1 Å². The topological polar surface area (TPSA) is 90.1 Å². The van der Waals surface area contributed by atoms with Crippen molar-refractivity contribution >= 4 is 11.6 Å². The van der Waals surface area contributed by atoms with E-state index in [1.54, 1.807) is 30.7 Å². The SMILES string of the molecule is Cc1cccc(CNC(=O)c2ccc(Cn3nc(C)c([N+](=O)[O-])c3C)cc2)c1. The third-order valence-corrected chi connectivity index (χ3v) is 4.61. The maximum absolute atomic E-state index is 12.3. The second-order valence-corrected chi connectivity index (χ2v) is 6.80. The Morgan fingerprint density at radius 2 is 1.82 bits per heavy atom. The molecule has 1 amide bonds. The normalized spacial score (nSPS) is 10.7. The van der Waals surface area contributed by atoms with Gasteiger partial charge >= 0.3 is 5.69 Å². The zero-order chi connectivity index (χ0) is 20.3. The molecule has 0 unspecified atom stereocenters. The van der Waals surface area contributed by atoms with Gasteiger partial charge in [0.2, 0.25) is 0 Å². The smallest absolute Gasteiger partial charge is 0.312 e. The zero-order valence-electron chi connectivity index (χ0n) is 16.1. The van der Waals surface area contributed by atoms with E-state index in [1.165, 1.54) is 0 Å². The van der Waals surface area contributed by atoms with Crippen molar-refractivity contribution in [2.24, 2.45) is 0 Å². The van der Waals surface area contributed by atoms with Gasteiger partial charge in [-0.3, -0.25) is 19.6 Å². The number of carbonyl (C=O) groups is 1. The van der Waals surface area contributed by atoms with Crippen LogP contribution in [0.3, 0.4) is 0 Å². The molecule has 0 aliphatic rings. The summed E-state index contributed by atoms with van der Waals surface area (Å²) < 4.78 is 1.61. The molecular weight excluding hydrogens is 356 g/mol. The number of hydrogen-bond acceptors (Lipinski definition) is 4. The Kier molecular flexibility index (Phi) is 5.54. The predicted molar refractivity (Wildman–Crippen MR) is 106 cm³/mol. The van der Waals surface area contributed by atoms with Crippen LogP contribution in [0.2, 0.25) is 0 Å². The van der Waals surface area contributed by atoms with Crippen LogP contribution in [0.4, 0.5) is 5.69 Å². The molecule has 0 fully saturated rings. The van der Waals surface area contributed by atoms with Crippen molar-refractivity contribution < 1.29 is 9.72 Å². The summed E-state index contributed by atoms with van der Waals surface area (Å²) >= 11 is 0. The van der Waals surface area contributed by atoms with Crippen LogP contribution >= 0.6 is 0 Å². The highest BCUT2D eigenvalue weighted by Gasteiger charge is 2.21. The number of rotatable bonds is 6. The molecule has 28 heavy (non-hydrogen) atoms. The van der Waals surface area contributed by atoms with Crippen molar-refractivity contribution in [3.8, 4) is 0 Å². The number of nitrogens with zero attached hydrogens (tertiary/aromatic N) is 3. The van der Waals surface area contributed by atoms with Gasteiger partial charge in [-0.25, -0.2) is 0 Å². The van der Waals surface area contributed by atoms with Crippen LogP contribution in [-0.4, -0.2) is 20.6 Å². The van der Waals surface area contributed by atoms with Gasteiger partial charge in [-0.2, -0.15) is 5.10 Å². The Morgan fingerprint density at radius 3 is 2.43 bits per heavy atom. The van der Waals surface area contributed by atoms with Gasteiger partial charge in [0.15, 0.2) is 0 Å². The Bertz CT molecular complexity index is 1020. The number of amides is 1. The molecule has 0 atom stereocenters. The van der Waals surface area contributed by atoms with Crippen LogP contribution in [0.25, 0.3) is 0 Å². The number of hydrogen-bond donors (Lipinski definition) is 1. The van der Waals surface area contributed by atoms with E-state index in [4.69, 9.17) is 0 Å². The van der Waals surface area contributed by atoms with Crippen LogP contribution in [0.15, 0.2) is 48.5 Å². The molecule has 144 valence electrons. The van der Waals surface area contributed by atoms with Crippen molar-refractivity contribution in [2.75, 3.05) is 0 Å². The lowest BCUT2D eigenvalue weighted by molar-refractivity contribution is -0.386. The van der Waals surface area contributed by atoms with Crippen LogP contribution in [-0.2, 0) is 13.1 Å². The summed E-state index contributed by atoms with van der Waals surface area (Å²) in [6.07, 6.45) is 0. The quantitative estimate of drug-likeness (QED) is 0.523. The molecule has 2 aromatic carbocycles. The van der Waals surface area contributed by atoms with E-state index in [-0.39, 0.29) is 11.6 Å². The maximum Gasteiger partial charge on any atom is 0.312 e. The highest BCUT2D eigenvalue weighted by atomic mass is 16.6. The van der Waals surface area contributed by atoms with Gasteiger partial charge in [0.1, 0.15) is 11.4 Å². The van der Waals surface area contributed by atoms with E-state index in [0.717, 1.165) is 16.7 Å². The summed E-state index contributed by atoms with van der Waals surface area (Å²) in [5.74, 6) is -0.144. The molecule has 0 bridgehead atoms. The fraction of sp³-hybridized carbons (Fsp3) is 0.238. The number of aromatic nitrogens is 2. The molecular formula is C21H22N4O3. The number of carbonyl (C=O) groups excluding carboxylic acids is 1. The first kappa shape index (κ1) is 19.3. The van der Waals surface area contributed by atoms with Crippen LogP contribution in [0.1, 0.15) is 38.4 Å². The first-order valence-corrected chi connectivity index (χ1v) is 8.96. The van der Waals surface area contributed by atoms with Gasteiger partial charge in [0.25, 0.3) is 5.91 Å². The lowest BCUT2D eigenvalue weighted by atomic mass is 10.1. The van der Waals surface area contributed by atoms with Crippen LogP contribution in [0, 0.1) is 30.9 Å². The second-order valence-electron chi connectivity index (χ2n) is 6.80. The predicted octanol–water partition coefficient (Wildman–Crippen LogP) is 3.69. The number of nitro groups is 1. The second kappa shape index (κ2) is 8.04. The molecule has 0 radical (unpaired) electrons. The molecule has 7 heteroatoms. The Morgan fingerprint density at radius 1 is 1.11 bits per heavy atom. The highest BCUT2D eigenvalue weighted by molar-refractivity contribution is 5.94. The molecule has 0 saturated heterocycles. The lowest BCUT2D eigenvalue weighted by Crippen LogP contribution is -2.22. The van der Waals surface area contributed by atoms with E-state index in [2.05, 4.69) is 10.4 Å². The lowest BCUT2D eigenvalue weighted by Gasteiger charge is -2.08. The van der Waals surface area contributed by atoms with E-state index < -0.39 is 4.92 Å². The molecule has 0 saturated carbocycles. The zero-order valence-corrected chi connectivity index (χ0v) is 16.1. The van der Waals surface area contributed by atoms with Crippen molar-refractivity contribution in [2.45, 2.75) is 33.9 Å². The van der Waals surface area contributed by atoms with Crippen molar-refractivity contribution in [3.05, 3.63) is 92.3 Å². The minimum atomic E-state index is -0.407. The van der Waals surface area contributed by atoms with Gasteiger partial charge < -0.3 is 5.32 Å². The van der Waals surface area contributed by atoms with Gasteiger partial charge in [-0.1, -0.05) is 42.0 Å². The summed E-state index contributed by atoms with van der Waals surface area (Å²) in [6, 6.07) is 15.2. The largest absolute Gasteiger partial charge is 0.348 e. The van der Waals surface area contributed by atoms with Crippen LogP contribution in [0.5, 0.6) is 0 Å². The molecule has 1 aromatic heterocycles. The number of aryl methyl sites for hydroxylation is 2. The van der Waals surface area contributed by atoms with Gasteiger partial charge in [0.05, 0.1) is 11.5 Å². The molecule has 0 aliphatic carbocycles. The third-order valence-electron chi connectivity index (χ3n) is 4.61. The minimum Gasteiger partial charge on any atom is -0.348 e. The molecule has 0 aliphatic heterocycles. The van der Waals surface area contributed by atoms with E-state index in [9.17, 15) is 14.9 Å². The van der Waals surface area contributed by atoms with Crippen molar-refractivity contribution in [3.63, 3.8) is 0 Å². The average molecular weight is 378 g/mol. The third kappa shape index (κ3) is 4.25.